The van der Waals surface area contributed by atoms with Crippen LogP contribution in [0.5, 0.6) is 0 Å². The van der Waals surface area contributed by atoms with Crippen LogP contribution in [0.25, 0.3) is 17.1 Å². The third-order valence-corrected chi connectivity index (χ3v) is 25.8. The van der Waals surface area contributed by atoms with Crippen molar-refractivity contribution in [2.45, 2.75) is 203 Å². The monoisotopic (exact) mass is 1600 g/mol. The van der Waals surface area contributed by atoms with Gasteiger partial charge in [-0.3, -0.25) is 4.57 Å². The second-order valence-electron chi connectivity index (χ2n) is 23.3. The fourth-order valence-corrected chi connectivity index (χ4v) is 16.1. The maximum absolute atomic E-state index is 7.00. The van der Waals surface area contributed by atoms with Gasteiger partial charge in [-0.1, -0.05) is 181 Å². The molecule has 0 amide bonds. The molecule has 0 unspecified atom stereocenters. The molecule has 0 bridgehead atoms. The van der Waals surface area contributed by atoms with Gasteiger partial charge in [0.2, 0.25) is 11.4 Å². The summed E-state index contributed by atoms with van der Waals surface area (Å²) in [6.07, 6.45) is 0. The molecule has 3 heterocycles. The molecule has 0 saturated heterocycles. The predicted molar refractivity (Wildman–Crippen MR) is 389 cm³/mol. The van der Waals surface area contributed by atoms with Gasteiger partial charge in [0.05, 0.1) is 22.1 Å². The number of nitrogens with two attached hydrogens (primary N) is 3. The van der Waals surface area contributed by atoms with Gasteiger partial charge in [-0.2, -0.15) is 25.3 Å². The number of aryl methyl sites for hydroxylation is 3. The van der Waals surface area contributed by atoms with Crippen LogP contribution in [-0.2, 0) is 0 Å². The Hall–Kier alpha value is -0.0500. The Bertz CT molecular complexity index is 2670. The lowest BCUT2D eigenvalue weighted by Crippen LogP contribution is -3.00. The molecule has 19 heteroatoms. The lowest BCUT2D eigenvalue weighted by Gasteiger charge is -2.49. The van der Waals surface area contributed by atoms with E-state index in [0.29, 0.717) is 0 Å². The Kier molecular flexibility index (Phi) is 35.7. The number of hydrogen-bond donors (Lipinski definition) is 6. The third kappa shape index (κ3) is 21.1. The molecule has 80 heavy (non-hydrogen) atoms. The van der Waals surface area contributed by atoms with E-state index >= 15 is 0 Å². The Morgan fingerprint density at radius 3 is 1.09 bits per heavy atom. The topological polar surface area (TPSA) is 111 Å². The van der Waals surface area contributed by atoms with E-state index < -0.39 is 0 Å². The maximum Gasteiger partial charge on any atom is 0.304 e. The standard InChI is InChI=1S/C29H38N4S4.C10H10N2S2.C9H18Br2.C9H20S2.C2H6.CH4O.CH4.2HI/c1-19-17-34-25(32(19)23-15-11-9-13-21(23)30)36-28(5,6)27(3,4)29(7,8)37-26-33(20(2)18-35-26)24-16-12-10-14-22(24)31;1-7-6-14-10(13)12(7)9-5-3-2-4-8(9)11;2*1-7(2,8(3,4)10)9(5,6)11;2*1-2;;;/h9-18H,30-31H2,1-8H3;2-6H,11H2,1H3;1-6H3;10-11H,1-6H3;1-2H3;2H,1H3;1H4;2*1H/q+2;;;;;;;;/p-1. The number of rotatable bonds is 13. The van der Waals surface area contributed by atoms with Gasteiger partial charge in [0, 0.05) is 71.8 Å². The number of benzene rings is 3. The third-order valence-electron chi connectivity index (χ3n) is 15.9. The van der Waals surface area contributed by atoms with Crippen LogP contribution >= 0.6 is 151 Å². The molecular weight excluding hydrogens is 1500 g/mol. The van der Waals surface area contributed by atoms with Crippen LogP contribution in [0.4, 0.5) is 17.1 Å². The number of aliphatic hydroxyl groups is 1. The van der Waals surface area contributed by atoms with Gasteiger partial charge < -0.3 is 46.3 Å². The molecule has 0 spiro atoms. The summed E-state index contributed by atoms with van der Waals surface area (Å²) in [6.45, 7) is 50.9. The fraction of sp³-hybridized carbons (Fsp3) is 0.557. The van der Waals surface area contributed by atoms with Crippen molar-refractivity contribution in [3.05, 3.63) is 110 Å². The van der Waals surface area contributed by atoms with Gasteiger partial charge in [0.25, 0.3) is 0 Å². The molecule has 0 saturated carbocycles. The summed E-state index contributed by atoms with van der Waals surface area (Å²) in [4.78, 5) is 0. The number of thiol groups is 2. The summed E-state index contributed by atoms with van der Waals surface area (Å²) in [5, 5.41) is 13.5. The molecule has 0 atom stereocenters. The number of aromatic nitrogens is 3. The summed E-state index contributed by atoms with van der Waals surface area (Å²) in [5.41, 5.74) is 27.8. The second-order valence-corrected chi connectivity index (χ2v) is 36.4. The minimum atomic E-state index is -0.0883. The van der Waals surface area contributed by atoms with Crippen LogP contribution in [0.2, 0.25) is 0 Å². The molecule has 0 aliphatic heterocycles. The van der Waals surface area contributed by atoms with E-state index in [1.807, 2.05) is 103 Å². The minimum Gasteiger partial charge on any atom is -1.00 e. The SMILES string of the molecule is C.CC.CC(C)(Br)C(C)(C)C(C)(C)Br.CC(C)(S)C(C)(C)C(C)(C)S.CO.Cc1csc(=S)n1-c1ccccc1N.Cc1csc(SC(C)(C)C(C)(C)C(C)(C)Sc2scc(C)[n+]2-c2ccccc2N)[n+]1-c1ccccc1N.I.[I-]. The van der Waals surface area contributed by atoms with Crippen molar-refractivity contribution in [2.75, 3.05) is 24.3 Å². The Morgan fingerprint density at radius 2 is 0.838 bits per heavy atom. The number of aliphatic hydroxyl groups excluding tert-OH is 1. The molecule has 7 nitrogen and oxygen atoms in total. The number of alkyl halides is 2. The molecule has 0 fully saturated rings. The summed E-state index contributed by atoms with van der Waals surface area (Å²) in [5.74, 6) is 0. The first-order chi connectivity index (χ1) is 35.0. The zero-order valence-electron chi connectivity index (χ0n) is 51.6. The van der Waals surface area contributed by atoms with E-state index in [-0.39, 0.29) is 99.3 Å². The first-order valence-corrected chi connectivity index (χ1v) is 33.0. The molecule has 0 radical (unpaired) electrons. The number of halogens is 4. The number of nitrogen functional groups attached to an aromatic ring is 3. The number of para-hydroxylation sites is 6. The van der Waals surface area contributed by atoms with Crippen LogP contribution in [0, 0.1) is 41.0 Å². The highest BCUT2D eigenvalue weighted by atomic mass is 127. The molecule has 6 rings (SSSR count). The molecule has 7 N–H and O–H groups in total. The van der Waals surface area contributed by atoms with Crippen LogP contribution in [-0.4, -0.2) is 44.4 Å². The van der Waals surface area contributed by atoms with Crippen molar-refractivity contribution >= 4 is 168 Å². The van der Waals surface area contributed by atoms with Crippen LogP contribution < -0.4 is 50.3 Å². The largest absolute Gasteiger partial charge is 1.00 e. The highest BCUT2D eigenvalue weighted by Crippen LogP contribution is 2.57. The van der Waals surface area contributed by atoms with Crippen molar-refractivity contribution in [3.8, 4) is 17.1 Å². The summed E-state index contributed by atoms with van der Waals surface area (Å²) < 4.78 is 10.0. The smallest absolute Gasteiger partial charge is 0.304 e. The Morgan fingerprint density at radius 1 is 0.525 bits per heavy atom. The van der Waals surface area contributed by atoms with Gasteiger partial charge in [-0.25, -0.2) is 0 Å². The van der Waals surface area contributed by atoms with Gasteiger partial charge in [0.1, 0.15) is 11.4 Å². The maximum atomic E-state index is 7.00. The van der Waals surface area contributed by atoms with Crippen molar-refractivity contribution < 1.29 is 38.2 Å². The summed E-state index contributed by atoms with van der Waals surface area (Å²) in [7, 11) is 1.00. The molecule has 0 aliphatic rings. The number of thiazole rings is 3. The van der Waals surface area contributed by atoms with Crippen LogP contribution in [0.1, 0.15) is 163 Å². The van der Waals surface area contributed by atoms with Crippen molar-refractivity contribution in [3.63, 3.8) is 0 Å². The van der Waals surface area contributed by atoms with Crippen molar-refractivity contribution in [1.29, 1.82) is 0 Å². The number of anilines is 3. The normalized spacial score (nSPS) is 12.1. The van der Waals surface area contributed by atoms with E-state index in [0.717, 1.165) is 50.9 Å². The quantitative estimate of drug-likeness (QED) is 0.0130. The van der Waals surface area contributed by atoms with Crippen LogP contribution in [0.3, 0.4) is 0 Å². The molecule has 3 aromatic carbocycles. The Labute approximate surface area is 574 Å². The van der Waals surface area contributed by atoms with Gasteiger partial charge in [0.15, 0.2) is 15.3 Å². The molecular formula is C61H101Br2I2N6OS8+. The average molecular weight is 1600 g/mol. The van der Waals surface area contributed by atoms with Crippen molar-refractivity contribution in [2.24, 2.45) is 16.2 Å². The van der Waals surface area contributed by atoms with Crippen molar-refractivity contribution in [1.82, 2.24) is 4.57 Å². The first kappa shape index (κ1) is 84.2. The highest BCUT2D eigenvalue weighted by molar-refractivity contribution is 14.0. The number of hydrogen-bond acceptors (Lipinski definition) is 12. The molecule has 3 aromatic heterocycles. The average Bonchev–Trinajstić information content (AvgIpc) is 3.97. The lowest BCUT2D eigenvalue weighted by molar-refractivity contribution is -0.634. The number of thioether (sulfide) groups is 2. The van der Waals surface area contributed by atoms with E-state index in [4.69, 9.17) is 34.5 Å². The summed E-state index contributed by atoms with van der Waals surface area (Å²) >= 11 is 30.8. The van der Waals surface area contributed by atoms with Gasteiger partial charge >= 0.3 is 8.68 Å². The van der Waals surface area contributed by atoms with E-state index in [1.165, 1.54) is 20.1 Å². The molecule has 456 valence electrons. The molecule has 6 aromatic rings. The minimum absolute atomic E-state index is 0. The zero-order chi connectivity index (χ0) is 60.3. The highest BCUT2D eigenvalue weighted by Gasteiger charge is 2.52. The second kappa shape index (κ2) is 33.9. The first-order valence-electron chi connectivity index (χ1n) is 25.8. The lowest BCUT2D eigenvalue weighted by atomic mass is 9.71. The fourth-order valence-electron chi connectivity index (χ4n) is 7.11. The Balaban J connectivity index is -0.00000113. The van der Waals surface area contributed by atoms with E-state index in [1.54, 1.807) is 34.0 Å². The van der Waals surface area contributed by atoms with E-state index in [2.05, 4.69) is 240 Å². The number of nitrogens with zero attached hydrogens (tertiary/aromatic N) is 3. The van der Waals surface area contributed by atoms with Gasteiger partial charge in [-0.15, -0.1) is 44.4 Å². The molecule has 0 aliphatic carbocycles. The van der Waals surface area contributed by atoms with Gasteiger partial charge in [-0.05, 0) is 139 Å². The van der Waals surface area contributed by atoms with E-state index in [9.17, 15) is 0 Å². The van der Waals surface area contributed by atoms with Crippen LogP contribution in [0.15, 0.2) is 97.6 Å². The summed E-state index contributed by atoms with van der Waals surface area (Å²) in [6, 6.07) is 24.0. The predicted octanol–water partition coefficient (Wildman–Crippen LogP) is 17.5. The zero-order valence-corrected chi connectivity index (χ0v) is 65.9.